The SMILES string of the molecule is C[C@@H]1C[C@@H](C)CN(S(=O)(=O)c2ccc(C(=O)Nc3ccc(S(N)(=O)=O)cc3)cc2)C1. The minimum Gasteiger partial charge on any atom is -0.322 e. The van der Waals surface area contributed by atoms with E-state index in [1.165, 1.54) is 52.8 Å². The molecule has 8 nitrogen and oxygen atoms in total. The Hall–Kier alpha value is -2.27. The second kappa shape index (κ2) is 8.46. The lowest BCUT2D eigenvalue weighted by atomic mass is 9.94. The van der Waals surface area contributed by atoms with E-state index in [0.29, 0.717) is 30.6 Å². The van der Waals surface area contributed by atoms with Crippen LogP contribution in [-0.4, -0.2) is 40.1 Å². The number of amides is 1. The Bertz CT molecular complexity index is 1120. The number of nitrogens with one attached hydrogen (secondary N) is 1. The number of nitrogens with two attached hydrogens (primary N) is 1. The number of anilines is 1. The van der Waals surface area contributed by atoms with Crippen molar-refractivity contribution in [2.45, 2.75) is 30.1 Å². The van der Waals surface area contributed by atoms with Crippen LogP contribution in [0.15, 0.2) is 58.3 Å². The Morgan fingerprint density at radius 1 is 0.900 bits per heavy atom. The maximum atomic E-state index is 12.9. The predicted octanol–water partition coefficient (Wildman–Crippen LogP) is 2.25. The molecular formula is C20H25N3O5S2. The van der Waals surface area contributed by atoms with Gasteiger partial charge in [0.15, 0.2) is 0 Å². The van der Waals surface area contributed by atoms with Crippen LogP contribution in [0.1, 0.15) is 30.6 Å². The predicted molar refractivity (Wildman–Crippen MR) is 114 cm³/mol. The first kappa shape index (κ1) is 22.4. The van der Waals surface area contributed by atoms with Crippen molar-refractivity contribution in [3.05, 3.63) is 54.1 Å². The molecule has 3 N–H and O–H groups in total. The van der Waals surface area contributed by atoms with Crippen molar-refractivity contribution in [2.75, 3.05) is 18.4 Å². The Balaban J connectivity index is 1.72. The summed E-state index contributed by atoms with van der Waals surface area (Å²) in [6, 6.07) is 11.2. The normalized spacial score (nSPS) is 20.6. The van der Waals surface area contributed by atoms with E-state index in [1.54, 1.807) is 0 Å². The number of benzene rings is 2. The lowest BCUT2D eigenvalue weighted by molar-refractivity contribution is 0.102. The number of hydrogen-bond acceptors (Lipinski definition) is 5. The van der Waals surface area contributed by atoms with E-state index in [-0.39, 0.29) is 15.4 Å². The van der Waals surface area contributed by atoms with E-state index < -0.39 is 26.0 Å². The Kier molecular flexibility index (Phi) is 6.32. The third kappa shape index (κ3) is 5.07. The largest absolute Gasteiger partial charge is 0.322 e. The van der Waals surface area contributed by atoms with Gasteiger partial charge in [-0.05, 0) is 66.8 Å². The van der Waals surface area contributed by atoms with Gasteiger partial charge in [-0.2, -0.15) is 4.31 Å². The molecule has 0 unspecified atom stereocenters. The fourth-order valence-electron chi connectivity index (χ4n) is 3.66. The lowest BCUT2D eigenvalue weighted by Crippen LogP contribution is -2.42. The highest BCUT2D eigenvalue weighted by atomic mass is 32.2. The van der Waals surface area contributed by atoms with E-state index in [1.807, 2.05) is 13.8 Å². The number of piperidine rings is 1. The van der Waals surface area contributed by atoms with Gasteiger partial charge in [-0.25, -0.2) is 22.0 Å². The van der Waals surface area contributed by atoms with Crippen LogP contribution in [0.2, 0.25) is 0 Å². The highest BCUT2D eigenvalue weighted by Crippen LogP contribution is 2.27. The second-order valence-electron chi connectivity index (χ2n) is 7.82. The molecule has 162 valence electrons. The highest BCUT2D eigenvalue weighted by Gasteiger charge is 2.31. The summed E-state index contributed by atoms with van der Waals surface area (Å²) < 4.78 is 49.9. The Morgan fingerprint density at radius 2 is 1.40 bits per heavy atom. The number of carbonyl (C=O) groups excluding carboxylic acids is 1. The van der Waals surface area contributed by atoms with E-state index in [0.717, 1.165) is 6.42 Å². The Morgan fingerprint density at radius 3 is 1.90 bits per heavy atom. The maximum absolute atomic E-state index is 12.9. The molecule has 1 saturated heterocycles. The van der Waals surface area contributed by atoms with Gasteiger partial charge >= 0.3 is 0 Å². The average molecular weight is 452 g/mol. The van der Waals surface area contributed by atoms with Crippen molar-refractivity contribution in [1.82, 2.24) is 4.31 Å². The molecule has 2 aromatic carbocycles. The van der Waals surface area contributed by atoms with Crippen LogP contribution in [0.5, 0.6) is 0 Å². The summed E-state index contributed by atoms with van der Waals surface area (Å²) in [7, 11) is -7.42. The second-order valence-corrected chi connectivity index (χ2v) is 11.3. The van der Waals surface area contributed by atoms with Crippen LogP contribution in [0.25, 0.3) is 0 Å². The van der Waals surface area contributed by atoms with Crippen molar-refractivity contribution in [1.29, 1.82) is 0 Å². The summed E-state index contributed by atoms with van der Waals surface area (Å²) in [5.74, 6) is 0.158. The van der Waals surface area contributed by atoms with E-state index in [9.17, 15) is 21.6 Å². The molecule has 2 atom stereocenters. The zero-order valence-electron chi connectivity index (χ0n) is 16.8. The topological polar surface area (TPSA) is 127 Å². The summed E-state index contributed by atoms with van der Waals surface area (Å²) >= 11 is 0. The number of nitrogens with zero attached hydrogens (tertiary/aromatic N) is 1. The maximum Gasteiger partial charge on any atom is 0.255 e. The monoisotopic (exact) mass is 451 g/mol. The fraction of sp³-hybridized carbons (Fsp3) is 0.350. The molecule has 0 aromatic heterocycles. The summed E-state index contributed by atoms with van der Waals surface area (Å²) in [6.07, 6.45) is 1.00. The molecule has 0 aliphatic carbocycles. The molecule has 0 radical (unpaired) electrons. The van der Waals surface area contributed by atoms with Gasteiger partial charge in [0.2, 0.25) is 20.0 Å². The number of sulfonamides is 2. The van der Waals surface area contributed by atoms with Gasteiger partial charge in [0.1, 0.15) is 0 Å². The quantitative estimate of drug-likeness (QED) is 0.721. The number of primary sulfonamides is 1. The molecule has 1 amide bonds. The molecule has 30 heavy (non-hydrogen) atoms. The van der Waals surface area contributed by atoms with Crippen molar-refractivity contribution in [2.24, 2.45) is 17.0 Å². The van der Waals surface area contributed by atoms with Gasteiger partial charge in [0.05, 0.1) is 9.79 Å². The lowest BCUT2D eigenvalue weighted by Gasteiger charge is -2.34. The van der Waals surface area contributed by atoms with Crippen molar-refractivity contribution < 1.29 is 21.6 Å². The van der Waals surface area contributed by atoms with Gasteiger partial charge in [0.25, 0.3) is 5.91 Å². The molecule has 0 spiro atoms. The van der Waals surface area contributed by atoms with E-state index in [2.05, 4.69) is 5.32 Å². The molecule has 2 aromatic rings. The van der Waals surface area contributed by atoms with E-state index >= 15 is 0 Å². The van der Waals surface area contributed by atoms with Crippen LogP contribution in [0.4, 0.5) is 5.69 Å². The molecule has 0 saturated carbocycles. The zero-order chi connectivity index (χ0) is 22.1. The van der Waals surface area contributed by atoms with Crippen LogP contribution in [0.3, 0.4) is 0 Å². The van der Waals surface area contributed by atoms with Gasteiger partial charge in [-0.3, -0.25) is 4.79 Å². The molecule has 10 heteroatoms. The first-order valence-corrected chi connectivity index (χ1v) is 12.5. The van der Waals surface area contributed by atoms with E-state index in [4.69, 9.17) is 5.14 Å². The van der Waals surface area contributed by atoms with Gasteiger partial charge in [-0.15, -0.1) is 0 Å². The number of carbonyl (C=O) groups is 1. The summed E-state index contributed by atoms with van der Waals surface area (Å²) in [6.45, 7) is 5.06. The van der Waals surface area contributed by atoms with Crippen LogP contribution >= 0.6 is 0 Å². The molecule has 1 aliphatic rings. The minimum absolute atomic E-state index is 0.0589. The molecule has 0 bridgehead atoms. The molecule has 1 fully saturated rings. The smallest absolute Gasteiger partial charge is 0.255 e. The fourth-order valence-corrected chi connectivity index (χ4v) is 5.86. The van der Waals surface area contributed by atoms with Crippen molar-refractivity contribution in [3.63, 3.8) is 0 Å². The summed E-state index contributed by atoms with van der Waals surface area (Å²) in [5, 5.41) is 7.69. The summed E-state index contributed by atoms with van der Waals surface area (Å²) in [4.78, 5) is 12.5. The molecule has 1 aliphatic heterocycles. The van der Waals surface area contributed by atoms with Gasteiger partial charge < -0.3 is 5.32 Å². The van der Waals surface area contributed by atoms with Crippen molar-refractivity contribution in [3.8, 4) is 0 Å². The average Bonchev–Trinajstić information content (AvgIpc) is 2.67. The van der Waals surface area contributed by atoms with Crippen LogP contribution in [-0.2, 0) is 20.0 Å². The number of rotatable bonds is 5. The van der Waals surface area contributed by atoms with Gasteiger partial charge in [0, 0.05) is 24.3 Å². The van der Waals surface area contributed by atoms with Crippen molar-refractivity contribution >= 4 is 31.6 Å². The third-order valence-electron chi connectivity index (χ3n) is 5.03. The highest BCUT2D eigenvalue weighted by molar-refractivity contribution is 7.89. The van der Waals surface area contributed by atoms with Crippen LogP contribution < -0.4 is 10.5 Å². The van der Waals surface area contributed by atoms with Gasteiger partial charge in [-0.1, -0.05) is 13.8 Å². The first-order valence-electron chi connectivity index (χ1n) is 9.51. The molecule has 1 heterocycles. The van der Waals surface area contributed by atoms with Crippen LogP contribution in [0, 0.1) is 11.8 Å². The first-order chi connectivity index (χ1) is 14.0. The zero-order valence-corrected chi connectivity index (χ0v) is 18.4. The summed E-state index contributed by atoms with van der Waals surface area (Å²) in [5.41, 5.74) is 0.672. The molecule has 3 rings (SSSR count). The Labute approximate surface area is 177 Å². The molecular weight excluding hydrogens is 426 g/mol. The minimum atomic E-state index is -3.81. The third-order valence-corrected chi connectivity index (χ3v) is 7.81. The standard InChI is InChI=1S/C20H25N3O5S2/c1-14-11-15(2)13-23(12-14)30(27,28)19-7-3-16(4-8-19)20(24)22-17-5-9-18(10-6-17)29(21,25)26/h3-10,14-15H,11-13H2,1-2H3,(H,22,24)(H2,21,25,26)/t14-,15-/m1/s1. The number of hydrogen-bond donors (Lipinski definition) is 2.